The molecule has 0 bridgehead atoms. The van der Waals surface area contributed by atoms with Gasteiger partial charge in [-0.1, -0.05) is 23.8 Å². The van der Waals surface area contributed by atoms with Gasteiger partial charge in [0.1, 0.15) is 0 Å². The van der Waals surface area contributed by atoms with E-state index in [-0.39, 0.29) is 25.9 Å². The molecule has 0 spiro atoms. The van der Waals surface area contributed by atoms with Gasteiger partial charge in [-0.3, -0.25) is 0 Å². The van der Waals surface area contributed by atoms with Crippen LogP contribution in [0.4, 0.5) is 0 Å². The second kappa shape index (κ2) is 6.51. The molecule has 1 saturated carbocycles. The summed E-state index contributed by atoms with van der Waals surface area (Å²) in [4.78, 5) is 0.315. The number of fused-ring (bicyclic) bond motifs is 1. The van der Waals surface area contributed by atoms with Crippen molar-refractivity contribution in [1.29, 1.82) is 0 Å². The Morgan fingerprint density at radius 1 is 1.15 bits per heavy atom. The van der Waals surface area contributed by atoms with E-state index in [9.17, 15) is 8.42 Å². The molecule has 2 aromatic carbocycles. The Balaban J connectivity index is 1.76. The Morgan fingerprint density at radius 3 is 2.52 bits per heavy atom. The standard InChI is InChI=1S/C20H23NO5S/c1-13-3-6-15(7-4-13)27(22,23)19-18(20(19,10-21)11-24-2)14-5-8-16-17(9-14)26-12-25-16/h3-9,18-19H,10-12,21H2,1-2H3/t18-,19-,20+/m0/s1. The zero-order valence-electron chi connectivity index (χ0n) is 15.3. The fraction of sp³-hybridized carbons (Fsp3) is 0.400. The first-order valence-corrected chi connectivity index (χ1v) is 10.4. The van der Waals surface area contributed by atoms with Gasteiger partial charge in [-0.05, 0) is 36.8 Å². The van der Waals surface area contributed by atoms with Crippen LogP contribution in [0.1, 0.15) is 17.0 Å². The number of benzene rings is 2. The summed E-state index contributed by atoms with van der Waals surface area (Å²) in [6.45, 7) is 2.60. The minimum absolute atomic E-state index is 0.175. The van der Waals surface area contributed by atoms with Crippen molar-refractivity contribution in [2.24, 2.45) is 11.1 Å². The monoisotopic (exact) mass is 389 g/mol. The van der Waals surface area contributed by atoms with E-state index in [1.165, 1.54) is 0 Å². The van der Waals surface area contributed by atoms with E-state index in [1.807, 2.05) is 37.3 Å². The number of methoxy groups -OCH3 is 1. The van der Waals surface area contributed by atoms with Crippen molar-refractivity contribution in [2.45, 2.75) is 23.0 Å². The van der Waals surface area contributed by atoms with Crippen LogP contribution in [0.5, 0.6) is 11.5 Å². The maximum absolute atomic E-state index is 13.4. The number of hydrogen-bond acceptors (Lipinski definition) is 6. The van der Waals surface area contributed by atoms with Crippen LogP contribution in [-0.2, 0) is 14.6 Å². The Kier molecular flexibility index (Phi) is 4.41. The lowest BCUT2D eigenvalue weighted by atomic mass is 9.99. The molecule has 0 aromatic heterocycles. The van der Waals surface area contributed by atoms with Gasteiger partial charge in [0, 0.05) is 25.0 Å². The first kappa shape index (κ1) is 18.3. The maximum atomic E-state index is 13.4. The SMILES string of the molecule is COC[C@]1(CN)[C@@H](c2ccc3c(c2)OCO3)[C@@H]1S(=O)(=O)c1ccc(C)cc1. The second-order valence-corrected chi connectivity index (χ2v) is 9.31. The predicted octanol–water partition coefficient (Wildman–Crippen LogP) is 2.25. The minimum atomic E-state index is -3.57. The van der Waals surface area contributed by atoms with E-state index < -0.39 is 20.5 Å². The Bertz CT molecular complexity index is 957. The van der Waals surface area contributed by atoms with Gasteiger partial charge in [-0.15, -0.1) is 0 Å². The molecule has 0 unspecified atom stereocenters. The molecule has 2 aliphatic rings. The Labute approximate surface area is 159 Å². The smallest absolute Gasteiger partial charge is 0.231 e. The molecular weight excluding hydrogens is 366 g/mol. The minimum Gasteiger partial charge on any atom is -0.454 e. The van der Waals surface area contributed by atoms with E-state index in [0.29, 0.717) is 16.4 Å². The van der Waals surface area contributed by atoms with Gasteiger partial charge in [0.2, 0.25) is 6.79 Å². The summed E-state index contributed by atoms with van der Waals surface area (Å²) in [6, 6.07) is 12.5. The predicted molar refractivity (Wildman–Crippen MR) is 101 cm³/mol. The van der Waals surface area contributed by atoms with E-state index in [4.69, 9.17) is 19.9 Å². The summed E-state index contributed by atoms with van der Waals surface area (Å²) in [5, 5.41) is -0.641. The van der Waals surface area contributed by atoms with Gasteiger partial charge in [-0.2, -0.15) is 0 Å². The lowest BCUT2D eigenvalue weighted by Gasteiger charge is -2.15. The number of nitrogens with two attached hydrogens (primary N) is 1. The maximum Gasteiger partial charge on any atom is 0.231 e. The van der Waals surface area contributed by atoms with Crippen LogP contribution >= 0.6 is 0 Å². The molecular formula is C20H23NO5S. The van der Waals surface area contributed by atoms with Crippen LogP contribution < -0.4 is 15.2 Å². The van der Waals surface area contributed by atoms with Crippen LogP contribution in [0.25, 0.3) is 0 Å². The Morgan fingerprint density at radius 2 is 1.85 bits per heavy atom. The van der Waals surface area contributed by atoms with E-state index in [0.717, 1.165) is 11.1 Å². The molecule has 7 heteroatoms. The third-order valence-corrected chi connectivity index (χ3v) is 7.95. The third kappa shape index (κ3) is 2.81. The lowest BCUT2D eigenvalue weighted by Crippen LogP contribution is -2.28. The zero-order valence-corrected chi connectivity index (χ0v) is 16.2. The number of sulfone groups is 1. The largest absolute Gasteiger partial charge is 0.454 e. The van der Waals surface area contributed by atoms with Crippen molar-refractivity contribution in [3.63, 3.8) is 0 Å². The van der Waals surface area contributed by atoms with Crippen molar-refractivity contribution in [3.05, 3.63) is 53.6 Å². The van der Waals surface area contributed by atoms with Gasteiger partial charge in [-0.25, -0.2) is 8.42 Å². The molecule has 27 heavy (non-hydrogen) atoms. The molecule has 0 amide bonds. The summed E-state index contributed by atoms with van der Waals surface area (Å²) < 4.78 is 43.0. The van der Waals surface area contributed by atoms with Crippen LogP contribution in [0, 0.1) is 12.3 Å². The lowest BCUT2D eigenvalue weighted by molar-refractivity contribution is 0.142. The first-order valence-electron chi connectivity index (χ1n) is 8.83. The molecule has 3 atom stereocenters. The van der Waals surface area contributed by atoms with Gasteiger partial charge in [0.05, 0.1) is 16.8 Å². The van der Waals surface area contributed by atoms with Crippen molar-refractivity contribution in [1.82, 2.24) is 0 Å². The Hall–Kier alpha value is -2.09. The summed E-state index contributed by atoms with van der Waals surface area (Å²) in [5.74, 6) is 1.04. The quantitative estimate of drug-likeness (QED) is 0.815. The first-order chi connectivity index (χ1) is 12.9. The van der Waals surface area contributed by atoms with Crippen molar-refractivity contribution < 1.29 is 22.6 Å². The van der Waals surface area contributed by atoms with Gasteiger partial charge < -0.3 is 19.9 Å². The molecule has 1 fully saturated rings. The highest BCUT2D eigenvalue weighted by Crippen LogP contribution is 2.64. The summed E-state index contributed by atoms with van der Waals surface area (Å²) >= 11 is 0. The fourth-order valence-corrected chi connectivity index (χ4v) is 6.62. The van der Waals surface area contributed by atoms with Crippen LogP contribution in [0.15, 0.2) is 47.4 Å². The van der Waals surface area contributed by atoms with Crippen molar-refractivity contribution in [3.8, 4) is 11.5 Å². The number of hydrogen-bond donors (Lipinski definition) is 1. The van der Waals surface area contributed by atoms with E-state index in [2.05, 4.69) is 0 Å². The topological polar surface area (TPSA) is 87.8 Å². The van der Waals surface area contributed by atoms with Gasteiger partial charge in [0.15, 0.2) is 21.3 Å². The highest BCUT2D eigenvalue weighted by atomic mass is 32.2. The van der Waals surface area contributed by atoms with Gasteiger partial charge >= 0.3 is 0 Å². The molecule has 4 rings (SSSR count). The van der Waals surface area contributed by atoms with Crippen molar-refractivity contribution in [2.75, 3.05) is 27.1 Å². The van der Waals surface area contributed by atoms with E-state index >= 15 is 0 Å². The fourth-order valence-electron chi connectivity index (χ4n) is 4.17. The number of ether oxygens (including phenoxy) is 3. The summed E-state index contributed by atoms with van der Waals surface area (Å²) in [5.41, 5.74) is 7.31. The van der Waals surface area contributed by atoms with Crippen LogP contribution in [0.3, 0.4) is 0 Å². The van der Waals surface area contributed by atoms with Gasteiger partial charge in [0.25, 0.3) is 0 Å². The molecule has 1 aliphatic carbocycles. The average Bonchev–Trinajstić information content (AvgIpc) is 3.10. The molecule has 2 N–H and O–H groups in total. The summed E-state index contributed by atoms with van der Waals surface area (Å²) in [6.07, 6.45) is 0. The highest BCUT2D eigenvalue weighted by molar-refractivity contribution is 7.92. The van der Waals surface area contributed by atoms with E-state index in [1.54, 1.807) is 19.2 Å². The van der Waals surface area contributed by atoms with Crippen LogP contribution in [-0.4, -0.2) is 40.7 Å². The molecule has 0 radical (unpaired) electrons. The molecule has 6 nitrogen and oxygen atoms in total. The normalized spacial score (nSPS) is 26.2. The molecule has 1 heterocycles. The zero-order chi connectivity index (χ0) is 19.2. The van der Waals surface area contributed by atoms with Crippen LogP contribution in [0.2, 0.25) is 0 Å². The number of aryl methyl sites for hydroxylation is 1. The third-order valence-electron chi connectivity index (χ3n) is 5.61. The van der Waals surface area contributed by atoms with Crippen molar-refractivity contribution >= 4 is 9.84 Å². The molecule has 144 valence electrons. The number of rotatable bonds is 6. The highest BCUT2D eigenvalue weighted by Gasteiger charge is 2.70. The molecule has 2 aromatic rings. The molecule has 1 aliphatic heterocycles. The molecule has 0 saturated heterocycles. The second-order valence-electron chi connectivity index (χ2n) is 7.24. The summed E-state index contributed by atoms with van der Waals surface area (Å²) in [7, 11) is -2.00. The average molecular weight is 389 g/mol.